The minimum absolute atomic E-state index is 0.508. The smallest absolute Gasteiger partial charge is 0.191 e. The molecule has 0 bridgehead atoms. The van der Waals surface area contributed by atoms with Crippen LogP contribution in [0.1, 0.15) is 23.4 Å². The van der Waals surface area contributed by atoms with Crippen LogP contribution in [0.4, 0.5) is 0 Å². The second kappa shape index (κ2) is 9.76. The summed E-state index contributed by atoms with van der Waals surface area (Å²) in [6.07, 6.45) is 5.29. The van der Waals surface area contributed by atoms with E-state index in [0.717, 1.165) is 50.0 Å². The summed E-state index contributed by atoms with van der Waals surface area (Å²) >= 11 is 1.77. The Morgan fingerprint density at radius 3 is 2.96 bits per heavy atom. The Hall–Kier alpha value is -2.61. The summed E-state index contributed by atoms with van der Waals surface area (Å²) in [4.78, 5) is 5.97. The molecule has 0 saturated heterocycles. The molecule has 0 unspecified atom stereocenters. The maximum absolute atomic E-state index is 5.36. The Kier molecular flexibility index (Phi) is 6.83. The van der Waals surface area contributed by atoms with E-state index in [1.54, 1.807) is 23.9 Å². The quantitative estimate of drug-likeness (QED) is 0.445. The fourth-order valence-electron chi connectivity index (χ4n) is 2.53. The third kappa shape index (κ3) is 5.45. The van der Waals surface area contributed by atoms with Gasteiger partial charge in [0.1, 0.15) is 24.5 Å². The first-order valence-electron chi connectivity index (χ1n) is 8.78. The van der Waals surface area contributed by atoms with Crippen LogP contribution in [0.15, 0.2) is 51.6 Å². The predicted molar refractivity (Wildman–Crippen MR) is 103 cm³/mol. The number of furan rings is 1. The molecule has 3 rings (SSSR count). The third-order valence-electron chi connectivity index (χ3n) is 3.87. The molecule has 0 aliphatic carbocycles. The van der Waals surface area contributed by atoms with Crippen molar-refractivity contribution in [3.63, 3.8) is 0 Å². The van der Waals surface area contributed by atoms with Crippen molar-refractivity contribution in [2.24, 2.45) is 4.99 Å². The molecule has 2 N–H and O–H groups in total. The molecule has 3 aromatic heterocycles. The molecule has 26 heavy (non-hydrogen) atoms. The van der Waals surface area contributed by atoms with E-state index in [2.05, 4.69) is 54.8 Å². The summed E-state index contributed by atoms with van der Waals surface area (Å²) in [5.41, 5.74) is 0. The van der Waals surface area contributed by atoms with E-state index in [4.69, 9.17) is 4.42 Å². The number of nitrogens with one attached hydrogen (secondary N) is 2. The van der Waals surface area contributed by atoms with Gasteiger partial charge in [-0.25, -0.2) is 4.99 Å². The zero-order chi connectivity index (χ0) is 18.0. The second-order valence-electron chi connectivity index (χ2n) is 5.72. The zero-order valence-electron chi connectivity index (χ0n) is 14.9. The topological polar surface area (TPSA) is 80.3 Å². The van der Waals surface area contributed by atoms with E-state index < -0.39 is 0 Å². The number of guanidine groups is 1. The molecule has 0 aliphatic heterocycles. The average molecular weight is 372 g/mol. The molecule has 0 aromatic carbocycles. The molecule has 0 fully saturated rings. The van der Waals surface area contributed by atoms with Gasteiger partial charge in [0.15, 0.2) is 5.96 Å². The van der Waals surface area contributed by atoms with Crippen molar-refractivity contribution in [3.05, 3.63) is 58.7 Å². The van der Waals surface area contributed by atoms with Gasteiger partial charge in [0.25, 0.3) is 0 Å². The fourth-order valence-corrected chi connectivity index (χ4v) is 3.24. The van der Waals surface area contributed by atoms with E-state index in [9.17, 15) is 0 Å². The molecule has 138 valence electrons. The summed E-state index contributed by atoms with van der Waals surface area (Å²) < 4.78 is 7.42. The molecule has 0 aliphatic rings. The van der Waals surface area contributed by atoms with E-state index in [0.29, 0.717) is 6.54 Å². The minimum atomic E-state index is 0.508. The van der Waals surface area contributed by atoms with Crippen molar-refractivity contribution >= 4 is 17.3 Å². The van der Waals surface area contributed by atoms with Gasteiger partial charge in [0, 0.05) is 30.9 Å². The summed E-state index contributed by atoms with van der Waals surface area (Å²) in [5.74, 6) is 2.62. The van der Waals surface area contributed by atoms with Crippen molar-refractivity contribution in [2.45, 2.75) is 32.9 Å². The Balaban J connectivity index is 1.52. The number of nitrogens with zero attached hydrogens (tertiary/aromatic N) is 4. The standard InChI is InChI=1S/C18H24N6OS/c1-2-17-23-22-14-24(17)10-9-20-18(21-13-15-5-3-11-25-15)19-8-7-16-6-4-12-26-16/h3-6,11-12,14H,2,7-10,13H2,1H3,(H2,19,20,21). The van der Waals surface area contributed by atoms with E-state index in [1.807, 2.05) is 12.1 Å². The number of aliphatic imine (C=N–C) groups is 1. The van der Waals surface area contributed by atoms with Crippen LogP contribution in [0.2, 0.25) is 0 Å². The summed E-state index contributed by atoms with van der Waals surface area (Å²) in [6, 6.07) is 8.03. The normalized spacial score (nSPS) is 11.7. The van der Waals surface area contributed by atoms with Gasteiger partial charge >= 0.3 is 0 Å². The highest BCUT2D eigenvalue weighted by Gasteiger charge is 2.04. The highest BCUT2D eigenvalue weighted by molar-refractivity contribution is 7.09. The lowest BCUT2D eigenvalue weighted by atomic mass is 10.3. The molecule has 0 radical (unpaired) electrons. The highest BCUT2D eigenvalue weighted by atomic mass is 32.1. The van der Waals surface area contributed by atoms with Crippen LogP contribution in [-0.4, -0.2) is 33.8 Å². The molecule has 8 heteroatoms. The molecule has 0 saturated carbocycles. The fraction of sp³-hybridized carbons (Fsp3) is 0.389. The minimum Gasteiger partial charge on any atom is -0.467 e. The van der Waals surface area contributed by atoms with Crippen molar-refractivity contribution in [2.75, 3.05) is 13.1 Å². The molecular weight excluding hydrogens is 348 g/mol. The van der Waals surface area contributed by atoms with Crippen molar-refractivity contribution in [1.82, 2.24) is 25.4 Å². The third-order valence-corrected chi connectivity index (χ3v) is 4.81. The van der Waals surface area contributed by atoms with Crippen LogP contribution in [0, 0.1) is 0 Å². The van der Waals surface area contributed by atoms with Gasteiger partial charge < -0.3 is 19.6 Å². The second-order valence-corrected chi connectivity index (χ2v) is 6.75. The zero-order valence-corrected chi connectivity index (χ0v) is 15.7. The van der Waals surface area contributed by atoms with E-state index in [1.165, 1.54) is 4.88 Å². The highest BCUT2D eigenvalue weighted by Crippen LogP contribution is 2.08. The van der Waals surface area contributed by atoms with Crippen LogP contribution in [0.3, 0.4) is 0 Å². The first-order chi connectivity index (χ1) is 12.8. The Morgan fingerprint density at radius 2 is 2.19 bits per heavy atom. The van der Waals surface area contributed by atoms with E-state index in [-0.39, 0.29) is 0 Å². The maximum Gasteiger partial charge on any atom is 0.191 e. The SMILES string of the molecule is CCc1nncn1CCNC(=NCc1ccco1)NCCc1cccs1. The van der Waals surface area contributed by atoms with Crippen molar-refractivity contribution in [1.29, 1.82) is 0 Å². The van der Waals surface area contributed by atoms with Crippen LogP contribution in [-0.2, 0) is 25.9 Å². The molecule has 3 heterocycles. The van der Waals surface area contributed by atoms with Crippen molar-refractivity contribution < 1.29 is 4.42 Å². The first kappa shape index (κ1) is 18.2. The number of aromatic nitrogens is 3. The van der Waals surface area contributed by atoms with Crippen LogP contribution < -0.4 is 10.6 Å². The molecular formula is C18H24N6OS. The van der Waals surface area contributed by atoms with Crippen LogP contribution >= 0.6 is 11.3 Å². The van der Waals surface area contributed by atoms with Gasteiger partial charge in [-0.15, -0.1) is 21.5 Å². The Labute approximate surface area is 157 Å². The van der Waals surface area contributed by atoms with Gasteiger partial charge in [-0.3, -0.25) is 0 Å². The Bertz CT molecular complexity index is 779. The molecule has 3 aromatic rings. The maximum atomic E-state index is 5.36. The van der Waals surface area contributed by atoms with E-state index >= 15 is 0 Å². The van der Waals surface area contributed by atoms with Gasteiger partial charge in [-0.05, 0) is 30.0 Å². The lowest BCUT2D eigenvalue weighted by molar-refractivity contribution is 0.511. The first-order valence-corrected chi connectivity index (χ1v) is 9.66. The summed E-state index contributed by atoms with van der Waals surface area (Å²) in [7, 11) is 0. The van der Waals surface area contributed by atoms with Gasteiger partial charge in [0.05, 0.1) is 6.26 Å². The summed E-state index contributed by atoms with van der Waals surface area (Å²) in [6.45, 7) is 4.96. The predicted octanol–water partition coefficient (Wildman–Crippen LogP) is 2.47. The van der Waals surface area contributed by atoms with Crippen molar-refractivity contribution in [3.8, 4) is 0 Å². The number of rotatable bonds is 9. The van der Waals surface area contributed by atoms with Crippen LogP contribution in [0.25, 0.3) is 0 Å². The van der Waals surface area contributed by atoms with Crippen LogP contribution in [0.5, 0.6) is 0 Å². The van der Waals surface area contributed by atoms with Gasteiger partial charge in [-0.1, -0.05) is 13.0 Å². The molecule has 0 spiro atoms. The Morgan fingerprint density at radius 1 is 1.27 bits per heavy atom. The number of aryl methyl sites for hydroxylation is 1. The number of hydrogen-bond acceptors (Lipinski definition) is 5. The lowest BCUT2D eigenvalue weighted by Gasteiger charge is -2.13. The largest absolute Gasteiger partial charge is 0.467 e. The number of thiophene rings is 1. The monoisotopic (exact) mass is 372 g/mol. The summed E-state index contributed by atoms with van der Waals surface area (Å²) in [5, 5.41) is 16.9. The lowest BCUT2D eigenvalue weighted by Crippen LogP contribution is -2.40. The molecule has 7 nitrogen and oxygen atoms in total. The van der Waals surface area contributed by atoms with Gasteiger partial charge in [0.2, 0.25) is 0 Å². The molecule has 0 atom stereocenters. The van der Waals surface area contributed by atoms with Gasteiger partial charge in [-0.2, -0.15) is 0 Å². The number of hydrogen-bond donors (Lipinski definition) is 2. The average Bonchev–Trinajstić information content (AvgIpc) is 3.41. The molecule has 0 amide bonds.